The molecule has 0 saturated carbocycles. The average molecular weight is 419 g/mol. The minimum absolute atomic E-state index is 0.471. The van der Waals surface area contributed by atoms with Crippen LogP contribution in [0.1, 0.15) is 39.0 Å². The Morgan fingerprint density at radius 3 is 2.86 bits per heavy atom. The first kappa shape index (κ1) is 21.6. The lowest BCUT2D eigenvalue weighted by Gasteiger charge is -2.32. The molecule has 7 nitrogen and oxygen atoms in total. The van der Waals surface area contributed by atoms with Crippen molar-refractivity contribution in [1.29, 1.82) is 0 Å². The van der Waals surface area contributed by atoms with Gasteiger partial charge < -0.3 is 20.1 Å². The second-order valence-electron chi connectivity index (χ2n) is 7.29. The van der Waals surface area contributed by atoms with Crippen molar-refractivity contribution in [3.05, 3.63) is 35.2 Å². The van der Waals surface area contributed by atoms with E-state index in [1.165, 1.54) is 13.0 Å². The Morgan fingerprint density at radius 1 is 1.31 bits per heavy atom. The number of hydrogen-bond acceptors (Lipinski definition) is 5. The number of aromatic nitrogens is 2. The smallest absolute Gasteiger partial charge is 0.228 e. The predicted molar refractivity (Wildman–Crippen MR) is 117 cm³/mol. The minimum atomic E-state index is 0.471. The first-order chi connectivity index (χ1) is 14.2. The summed E-state index contributed by atoms with van der Waals surface area (Å²) < 4.78 is 5.37. The molecule has 1 aliphatic rings. The summed E-state index contributed by atoms with van der Waals surface area (Å²) in [5, 5.41) is 11.6. The van der Waals surface area contributed by atoms with E-state index >= 15 is 0 Å². The Balaban J connectivity index is 1.50. The molecule has 0 bridgehead atoms. The first-order valence-corrected chi connectivity index (χ1v) is 10.9. The van der Waals surface area contributed by atoms with Gasteiger partial charge in [-0.25, -0.2) is 0 Å². The highest BCUT2D eigenvalue weighted by Gasteiger charge is 2.19. The number of nitrogens with zero attached hydrogens (tertiary/aromatic N) is 4. The van der Waals surface area contributed by atoms with E-state index in [9.17, 15) is 0 Å². The summed E-state index contributed by atoms with van der Waals surface area (Å²) in [4.78, 5) is 11.7. The number of nitrogens with one attached hydrogen (secondary N) is 2. The van der Waals surface area contributed by atoms with Crippen molar-refractivity contribution in [3.8, 4) is 11.4 Å². The second-order valence-corrected chi connectivity index (χ2v) is 7.73. The SMILES string of the molecule is CCCN1CCC(NC(=NCCc2nc(-c3cccc(Cl)c3)no2)NCC)CC1. The van der Waals surface area contributed by atoms with Crippen LogP contribution in [0.2, 0.25) is 5.02 Å². The summed E-state index contributed by atoms with van der Waals surface area (Å²) in [5.74, 6) is 1.99. The molecule has 2 N–H and O–H groups in total. The zero-order valence-electron chi connectivity index (χ0n) is 17.3. The van der Waals surface area contributed by atoms with Gasteiger partial charge >= 0.3 is 0 Å². The monoisotopic (exact) mass is 418 g/mol. The molecule has 0 aliphatic carbocycles. The first-order valence-electron chi connectivity index (χ1n) is 10.5. The molecule has 1 fully saturated rings. The van der Waals surface area contributed by atoms with Crippen LogP contribution in [0.5, 0.6) is 0 Å². The number of aliphatic imine (C=N–C) groups is 1. The molecule has 158 valence electrons. The molecule has 1 aliphatic heterocycles. The average Bonchev–Trinajstić information content (AvgIpc) is 3.19. The summed E-state index contributed by atoms with van der Waals surface area (Å²) in [6.07, 6.45) is 4.12. The molecule has 8 heteroatoms. The van der Waals surface area contributed by atoms with E-state index in [1.54, 1.807) is 0 Å². The van der Waals surface area contributed by atoms with E-state index in [0.29, 0.717) is 35.7 Å². The summed E-state index contributed by atoms with van der Waals surface area (Å²) in [6, 6.07) is 7.91. The topological polar surface area (TPSA) is 78.6 Å². The Labute approximate surface area is 177 Å². The van der Waals surface area contributed by atoms with E-state index < -0.39 is 0 Å². The van der Waals surface area contributed by atoms with Crippen molar-refractivity contribution < 1.29 is 4.52 Å². The fourth-order valence-electron chi connectivity index (χ4n) is 3.50. The van der Waals surface area contributed by atoms with Crippen LogP contribution in [0.25, 0.3) is 11.4 Å². The zero-order chi connectivity index (χ0) is 20.5. The third-order valence-electron chi connectivity index (χ3n) is 4.96. The van der Waals surface area contributed by atoms with Crippen molar-refractivity contribution in [1.82, 2.24) is 25.7 Å². The number of hydrogen-bond donors (Lipinski definition) is 2. The number of likely N-dealkylation sites (tertiary alicyclic amines) is 1. The van der Waals surface area contributed by atoms with E-state index in [2.05, 4.69) is 44.5 Å². The van der Waals surface area contributed by atoms with Gasteiger partial charge in [0.2, 0.25) is 11.7 Å². The van der Waals surface area contributed by atoms with Gasteiger partial charge in [0.05, 0.1) is 6.54 Å². The van der Waals surface area contributed by atoms with Gasteiger partial charge in [-0.05, 0) is 44.9 Å². The molecule has 1 aromatic heterocycles. The minimum Gasteiger partial charge on any atom is -0.357 e. The third-order valence-corrected chi connectivity index (χ3v) is 5.19. The van der Waals surface area contributed by atoms with Crippen molar-refractivity contribution in [2.45, 2.75) is 45.6 Å². The van der Waals surface area contributed by atoms with Gasteiger partial charge in [-0.15, -0.1) is 0 Å². The van der Waals surface area contributed by atoms with Crippen LogP contribution < -0.4 is 10.6 Å². The lowest BCUT2D eigenvalue weighted by Crippen LogP contribution is -2.48. The lowest BCUT2D eigenvalue weighted by atomic mass is 10.1. The predicted octanol–water partition coefficient (Wildman–Crippen LogP) is 3.36. The maximum absolute atomic E-state index is 6.03. The highest BCUT2D eigenvalue weighted by Crippen LogP contribution is 2.20. The number of rotatable bonds is 8. The molecule has 0 unspecified atom stereocenters. The maximum atomic E-state index is 6.03. The largest absolute Gasteiger partial charge is 0.357 e. The zero-order valence-corrected chi connectivity index (χ0v) is 18.1. The highest BCUT2D eigenvalue weighted by molar-refractivity contribution is 6.30. The molecule has 0 radical (unpaired) electrons. The molecule has 1 aromatic carbocycles. The fourth-order valence-corrected chi connectivity index (χ4v) is 3.69. The molecule has 1 saturated heterocycles. The van der Waals surface area contributed by atoms with Crippen LogP contribution in [0.4, 0.5) is 0 Å². The van der Waals surface area contributed by atoms with Gasteiger partial charge in [-0.1, -0.05) is 35.8 Å². The summed E-state index contributed by atoms with van der Waals surface area (Å²) >= 11 is 6.03. The molecular weight excluding hydrogens is 388 g/mol. The van der Waals surface area contributed by atoms with E-state index in [-0.39, 0.29) is 0 Å². The van der Waals surface area contributed by atoms with Crippen LogP contribution in [-0.4, -0.2) is 59.8 Å². The van der Waals surface area contributed by atoms with Gasteiger partial charge in [0.15, 0.2) is 5.96 Å². The Kier molecular flexibility index (Phi) is 8.31. The molecule has 2 aromatic rings. The number of benzene rings is 1. The molecular formula is C21H31ClN6O. The van der Waals surface area contributed by atoms with Crippen molar-refractivity contribution in [3.63, 3.8) is 0 Å². The Bertz CT molecular complexity index is 785. The standard InChI is InChI=1S/C21H31ClN6O/c1-3-12-28-13-9-18(10-14-28)25-21(23-4-2)24-11-8-19-26-20(27-29-19)16-6-5-7-17(22)15-16/h5-7,15,18H,3-4,8-14H2,1-2H3,(H2,23,24,25). The van der Waals surface area contributed by atoms with Gasteiger partial charge in [-0.3, -0.25) is 4.99 Å². The summed E-state index contributed by atoms with van der Waals surface area (Å²) in [6.45, 7) is 9.24. The van der Waals surface area contributed by atoms with Gasteiger partial charge in [-0.2, -0.15) is 4.98 Å². The Morgan fingerprint density at radius 2 is 2.14 bits per heavy atom. The van der Waals surface area contributed by atoms with E-state index in [1.807, 2.05) is 24.3 Å². The quantitative estimate of drug-likeness (QED) is 0.505. The van der Waals surface area contributed by atoms with Crippen LogP contribution >= 0.6 is 11.6 Å². The van der Waals surface area contributed by atoms with Gasteiger partial charge in [0.25, 0.3) is 0 Å². The highest BCUT2D eigenvalue weighted by atomic mass is 35.5. The molecule has 3 rings (SSSR count). The van der Waals surface area contributed by atoms with Crippen LogP contribution in [0.3, 0.4) is 0 Å². The number of guanidine groups is 1. The molecule has 29 heavy (non-hydrogen) atoms. The molecule has 0 amide bonds. The van der Waals surface area contributed by atoms with Crippen LogP contribution in [-0.2, 0) is 6.42 Å². The second kappa shape index (κ2) is 11.2. The molecule has 2 heterocycles. The fraction of sp³-hybridized carbons (Fsp3) is 0.571. The lowest BCUT2D eigenvalue weighted by molar-refractivity contribution is 0.206. The van der Waals surface area contributed by atoms with Crippen molar-refractivity contribution in [2.24, 2.45) is 4.99 Å². The number of piperidine rings is 1. The van der Waals surface area contributed by atoms with Gasteiger partial charge in [0.1, 0.15) is 0 Å². The third kappa shape index (κ3) is 6.72. The molecule has 0 atom stereocenters. The maximum Gasteiger partial charge on any atom is 0.228 e. The van der Waals surface area contributed by atoms with Crippen molar-refractivity contribution in [2.75, 3.05) is 32.7 Å². The molecule has 0 spiro atoms. The van der Waals surface area contributed by atoms with Crippen molar-refractivity contribution >= 4 is 17.6 Å². The van der Waals surface area contributed by atoms with Crippen LogP contribution in [0, 0.1) is 0 Å². The summed E-state index contributed by atoms with van der Waals surface area (Å²) in [7, 11) is 0. The normalized spacial score (nSPS) is 16.2. The van der Waals surface area contributed by atoms with E-state index in [0.717, 1.165) is 44.0 Å². The van der Waals surface area contributed by atoms with Gasteiger partial charge in [0, 0.05) is 42.7 Å². The summed E-state index contributed by atoms with van der Waals surface area (Å²) in [5.41, 5.74) is 0.848. The van der Waals surface area contributed by atoms with E-state index in [4.69, 9.17) is 16.1 Å². The Hall–Kier alpha value is -2.12. The number of halogens is 1. The van der Waals surface area contributed by atoms with Crippen LogP contribution in [0.15, 0.2) is 33.8 Å².